The molecule has 18 heavy (non-hydrogen) atoms. The Morgan fingerprint density at radius 1 is 1.50 bits per heavy atom. The molecule has 0 heterocycles. The zero-order chi connectivity index (χ0) is 13.8. The van der Waals surface area contributed by atoms with E-state index in [2.05, 4.69) is 5.32 Å². The second-order valence-corrected chi connectivity index (χ2v) is 4.51. The third-order valence-corrected chi connectivity index (χ3v) is 3.23. The summed E-state index contributed by atoms with van der Waals surface area (Å²) in [5.74, 6) is -1.21. The molecule has 2 N–H and O–H groups in total. The molecule has 1 rings (SSSR count). The SMILES string of the molecule is CNC(C)(CCN(C)c1ccccc1F)C(=O)O. The zero-order valence-electron chi connectivity index (χ0n) is 10.9. The normalized spacial score (nSPS) is 14.0. The van der Waals surface area contributed by atoms with Gasteiger partial charge >= 0.3 is 5.97 Å². The monoisotopic (exact) mass is 254 g/mol. The van der Waals surface area contributed by atoms with Crippen LogP contribution in [0.3, 0.4) is 0 Å². The first-order valence-corrected chi connectivity index (χ1v) is 5.78. The summed E-state index contributed by atoms with van der Waals surface area (Å²) >= 11 is 0. The highest BCUT2D eigenvalue weighted by molar-refractivity contribution is 5.78. The lowest BCUT2D eigenvalue weighted by molar-refractivity contribution is -0.144. The Hall–Kier alpha value is -1.62. The van der Waals surface area contributed by atoms with Gasteiger partial charge in [0.1, 0.15) is 11.4 Å². The first-order valence-electron chi connectivity index (χ1n) is 5.78. The van der Waals surface area contributed by atoms with Crippen LogP contribution in [0.4, 0.5) is 10.1 Å². The highest BCUT2D eigenvalue weighted by Crippen LogP contribution is 2.19. The number of carboxylic acids is 1. The van der Waals surface area contributed by atoms with Crippen molar-refractivity contribution >= 4 is 11.7 Å². The number of carbonyl (C=O) groups is 1. The van der Waals surface area contributed by atoms with E-state index in [1.165, 1.54) is 6.07 Å². The molecule has 1 unspecified atom stereocenters. The summed E-state index contributed by atoms with van der Waals surface area (Å²) in [6.07, 6.45) is 0.379. The van der Waals surface area contributed by atoms with Crippen molar-refractivity contribution in [3.8, 4) is 0 Å². The van der Waals surface area contributed by atoms with Crippen LogP contribution < -0.4 is 10.2 Å². The predicted molar refractivity (Wildman–Crippen MR) is 69.4 cm³/mol. The molecule has 0 aliphatic heterocycles. The third kappa shape index (κ3) is 3.20. The molecule has 0 saturated carbocycles. The number of aliphatic carboxylic acids is 1. The summed E-state index contributed by atoms with van der Waals surface area (Å²) in [5.41, 5.74) is -0.527. The predicted octanol–water partition coefficient (Wildman–Crippen LogP) is 1.71. The van der Waals surface area contributed by atoms with Crippen LogP contribution in [0.25, 0.3) is 0 Å². The molecule has 0 bridgehead atoms. The maximum atomic E-state index is 13.5. The molecule has 0 aliphatic carbocycles. The van der Waals surface area contributed by atoms with Gasteiger partial charge in [-0.2, -0.15) is 0 Å². The average Bonchev–Trinajstić information content (AvgIpc) is 2.35. The van der Waals surface area contributed by atoms with Crippen molar-refractivity contribution < 1.29 is 14.3 Å². The number of likely N-dealkylation sites (N-methyl/N-ethyl adjacent to an activating group) is 1. The Bertz CT molecular complexity index is 425. The van der Waals surface area contributed by atoms with Crippen molar-refractivity contribution in [3.05, 3.63) is 30.1 Å². The maximum Gasteiger partial charge on any atom is 0.323 e. The fraction of sp³-hybridized carbons (Fsp3) is 0.462. The second-order valence-electron chi connectivity index (χ2n) is 4.51. The van der Waals surface area contributed by atoms with Crippen LogP contribution in [-0.2, 0) is 4.79 Å². The molecule has 0 aliphatic rings. The van der Waals surface area contributed by atoms with Gasteiger partial charge in [-0.25, -0.2) is 4.39 Å². The summed E-state index contributed by atoms with van der Waals surface area (Å²) in [6.45, 7) is 2.06. The molecule has 100 valence electrons. The summed E-state index contributed by atoms with van der Waals surface area (Å²) in [7, 11) is 3.35. The fourth-order valence-corrected chi connectivity index (χ4v) is 1.61. The lowest BCUT2D eigenvalue weighted by atomic mass is 9.98. The van der Waals surface area contributed by atoms with Gasteiger partial charge in [-0.1, -0.05) is 12.1 Å². The van der Waals surface area contributed by atoms with Crippen LogP contribution in [0.2, 0.25) is 0 Å². The van der Waals surface area contributed by atoms with Crippen LogP contribution in [-0.4, -0.2) is 37.3 Å². The number of nitrogens with one attached hydrogen (secondary N) is 1. The minimum Gasteiger partial charge on any atom is -0.480 e. The smallest absolute Gasteiger partial charge is 0.323 e. The van der Waals surface area contributed by atoms with Gasteiger partial charge < -0.3 is 15.3 Å². The quantitative estimate of drug-likeness (QED) is 0.811. The minimum absolute atomic E-state index is 0.304. The van der Waals surface area contributed by atoms with Crippen molar-refractivity contribution in [2.24, 2.45) is 0 Å². The average molecular weight is 254 g/mol. The van der Waals surface area contributed by atoms with Gasteiger partial charge in [0.15, 0.2) is 0 Å². The Morgan fingerprint density at radius 2 is 2.11 bits per heavy atom. The number of benzene rings is 1. The largest absolute Gasteiger partial charge is 0.480 e. The summed E-state index contributed by atoms with van der Waals surface area (Å²) < 4.78 is 13.5. The van der Waals surface area contributed by atoms with E-state index in [0.29, 0.717) is 18.7 Å². The number of anilines is 1. The molecule has 0 saturated heterocycles. The van der Waals surface area contributed by atoms with Gasteiger partial charge in [0.25, 0.3) is 0 Å². The van der Waals surface area contributed by atoms with E-state index in [1.807, 2.05) is 0 Å². The van der Waals surface area contributed by atoms with Crippen LogP contribution in [0.5, 0.6) is 0 Å². The maximum absolute atomic E-state index is 13.5. The number of rotatable bonds is 6. The fourth-order valence-electron chi connectivity index (χ4n) is 1.61. The molecule has 0 spiro atoms. The Labute approximate surface area is 106 Å². The van der Waals surface area contributed by atoms with E-state index in [1.54, 1.807) is 44.1 Å². The molecular formula is C13H19FN2O2. The van der Waals surface area contributed by atoms with Gasteiger partial charge in [0, 0.05) is 13.6 Å². The number of hydrogen-bond acceptors (Lipinski definition) is 3. The van der Waals surface area contributed by atoms with Crippen LogP contribution in [0.1, 0.15) is 13.3 Å². The molecule has 1 aromatic rings. The van der Waals surface area contributed by atoms with Crippen LogP contribution in [0, 0.1) is 5.82 Å². The van der Waals surface area contributed by atoms with Crippen molar-refractivity contribution in [1.29, 1.82) is 0 Å². The van der Waals surface area contributed by atoms with E-state index in [4.69, 9.17) is 5.11 Å². The minimum atomic E-state index is -1.00. The lowest BCUT2D eigenvalue weighted by Gasteiger charge is -2.28. The molecular weight excluding hydrogens is 235 g/mol. The zero-order valence-corrected chi connectivity index (χ0v) is 10.9. The van der Waals surface area contributed by atoms with Crippen molar-refractivity contribution in [2.75, 3.05) is 25.5 Å². The van der Waals surface area contributed by atoms with E-state index >= 15 is 0 Å². The number of hydrogen-bond donors (Lipinski definition) is 2. The van der Waals surface area contributed by atoms with Gasteiger partial charge in [-0.15, -0.1) is 0 Å². The molecule has 4 nitrogen and oxygen atoms in total. The van der Waals surface area contributed by atoms with Gasteiger partial charge in [0.05, 0.1) is 5.69 Å². The van der Waals surface area contributed by atoms with Gasteiger partial charge in [-0.3, -0.25) is 4.79 Å². The van der Waals surface area contributed by atoms with Crippen molar-refractivity contribution in [1.82, 2.24) is 5.32 Å². The number of nitrogens with zero attached hydrogens (tertiary/aromatic N) is 1. The molecule has 0 amide bonds. The molecule has 5 heteroatoms. The number of carboxylic acid groups (broad SMARTS) is 1. The van der Waals surface area contributed by atoms with Crippen molar-refractivity contribution in [2.45, 2.75) is 18.9 Å². The van der Waals surface area contributed by atoms with Gasteiger partial charge in [-0.05, 0) is 32.5 Å². The molecule has 1 aromatic carbocycles. The van der Waals surface area contributed by atoms with E-state index in [9.17, 15) is 9.18 Å². The second kappa shape index (κ2) is 5.82. The Balaban J connectivity index is 2.69. The van der Waals surface area contributed by atoms with Gasteiger partial charge in [0.2, 0.25) is 0 Å². The third-order valence-electron chi connectivity index (χ3n) is 3.23. The lowest BCUT2D eigenvalue weighted by Crippen LogP contribution is -2.49. The Morgan fingerprint density at radius 3 is 2.61 bits per heavy atom. The first-order chi connectivity index (χ1) is 8.40. The topological polar surface area (TPSA) is 52.6 Å². The van der Waals surface area contributed by atoms with Crippen LogP contribution in [0.15, 0.2) is 24.3 Å². The molecule has 0 radical (unpaired) electrons. The number of para-hydroxylation sites is 1. The Kier molecular flexibility index (Phi) is 4.67. The number of halogens is 1. The van der Waals surface area contributed by atoms with E-state index in [-0.39, 0.29) is 5.82 Å². The molecule has 0 aromatic heterocycles. The first kappa shape index (κ1) is 14.4. The van der Waals surface area contributed by atoms with Crippen molar-refractivity contribution in [3.63, 3.8) is 0 Å². The van der Waals surface area contributed by atoms with E-state index in [0.717, 1.165) is 0 Å². The molecule has 1 atom stereocenters. The molecule has 0 fully saturated rings. The van der Waals surface area contributed by atoms with Crippen LogP contribution >= 0.6 is 0 Å². The highest BCUT2D eigenvalue weighted by atomic mass is 19.1. The summed E-state index contributed by atoms with van der Waals surface area (Å²) in [6, 6.07) is 6.44. The summed E-state index contributed by atoms with van der Waals surface area (Å²) in [5, 5.41) is 11.9. The standard InChI is InChI=1S/C13H19FN2O2/c1-13(15-2,12(17)18)8-9-16(3)11-7-5-4-6-10(11)14/h4-7,15H,8-9H2,1-3H3,(H,17,18). The van der Waals surface area contributed by atoms with E-state index < -0.39 is 11.5 Å². The summed E-state index contributed by atoms with van der Waals surface area (Å²) in [4.78, 5) is 12.8. The highest BCUT2D eigenvalue weighted by Gasteiger charge is 2.31.